The number of carbonyl (C=O) groups excluding carboxylic acids is 2. The molecule has 3 rings (SSSR count). The zero-order valence-corrected chi connectivity index (χ0v) is 14.5. The van der Waals surface area contributed by atoms with Crippen molar-refractivity contribution in [2.75, 3.05) is 36.4 Å². The second-order valence-corrected chi connectivity index (χ2v) is 5.85. The fraction of sp³-hybridized carbons (Fsp3) is 0.294. The van der Waals surface area contributed by atoms with Crippen LogP contribution in [0.2, 0.25) is 0 Å². The van der Waals surface area contributed by atoms with Crippen LogP contribution in [0.4, 0.5) is 24.8 Å². The van der Waals surface area contributed by atoms with Gasteiger partial charge < -0.3 is 19.9 Å². The molecule has 2 amide bonds. The molecule has 1 aromatic carbocycles. The predicted octanol–water partition coefficient (Wildman–Crippen LogP) is 1.66. The fourth-order valence-corrected chi connectivity index (χ4v) is 2.63. The second kappa shape index (κ2) is 8.11. The van der Waals surface area contributed by atoms with Gasteiger partial charge in [0, 0.05) is 44.3 Å². The topological polar surface area (TPSA) is 87.7 Å². The second-order valence-electron chi connectivity index (χ2n) is 5.85. The summed E-state index contributed by atoms with van der Waals surface area (Å²) in [7, 11) is 0. The molecule has 0 unspecified atom stereocenters. The number of ether oxygens (including phenoxy) is 1. The molecule has 0 spiro atoms. The predicted molar refractivity (Wildman–Crippen MR) is 92.6 cm³/mol. The Balaban J connectivity index is 1.52. The summed E-state index contributed by atoms with van der Waals surface area (Å²) in [4.78, 5) is 36.0. The summed E-state index contributed by atoms with van der Waals surface area (Å²) in [6, 6.07) is 6.24. The number of amides is 2. The van der Waals surface area contributed by atoms with Crippen molar-refractivity contribution in [3.8, 4) is 5.75 Å². The van der Waals surface area contributed by atoms with Crippen LogP contribution in [-0.2, 0) is 9.59 Å². The first-order chi connectivity index (χ1) is 13.3. The van der Waals surface area contributed by atoms with Gasteiger partial charge in [-0.25, -0.2) is 9.97 Å². The number of aromatic nitrogens is 2. The summed E-state index contributed by atoms with van der Waals surface area (Å²) in [6.07, 6.45) is -1.55. The van der Waals surface area contributed by atoms with E-state index in [1.807, 2.05) is 4.90 Å². The van der Waals surface area contributed by atoms with E-state index in [0.29, 0.717) is 32.1 Å². The highest BCUT2D eigenvalue weighted by Gasteiger charge is 2.31. The van der Waals surface area contributed by atoms with Gasteiger partial charge in [-0.05, 0) is 30.3 Å². The van der Waals surface area contributed by atoms with Crippen LogP contribution < -0.4 is 15.0 Å². The van der Waals surface area contributed by atoms with Crippen molar-refractivity contribution >= 4 is 23.5 Å². The number of alkyl halides is 3. The Kier molecular flexibility index (Phi) is 5.62. The van der Waals surface area contributed by atoms with Gasteiger partial charge in [0.25, 0.3) is 0 Å². The number of halogens is 3. The van der Waals surface area contributed by atoms with Crippen LogP contribution in [0.3, 0.4) is 0 Å². The van der Waals surface area contributed by atoms with Crippen molar-refractivity contribution in [2.45, 2.75) is 6.36 Å². The van der Waals surface area contributed by atoms with E-state index in [4.69, 9.17) is 0 Å². The third kappa shape index (κ3) is 5.09. The van der Waals surface area contributed by atoms with Crippen molar-refractivity contribution in [3.63, 3.8) is 0 Å². The van der Waals surface area contributed by atoms with Gasteiger partial charge in [-0.15, -0.1) is 13.2 Å². The molecule has 28 heavy (non-hydrogen) atoms. The Morgan fingerprint density at radius 3 is 2.18 bits per heavy atom. The highest BCUT2D eigenvalue weighted by molar-refractivity contribution is 6.39. The Labute approximate surface area is 157 Å². The average molecular weight is 395 g/mol. The molecule has 1 saturated heterocycles. The average Bonchev–Trinajstić information content (AvgIpc) is 2.68. The molecule has 1 aliphatic heterocycles. The van der Waals surface area contributed by atoms with E-state index in [1.54, 1.807) is 18.5 Å². The monoisotopic (exact) mass is 395 g/mol. The lowest BCUT2D eigenvalue weighted by Gasteiger charge is -2.34. The Hall–Kier alpha value is -3.37. The van der Waals surface area contributed by atoms with E-state index >= 15 is 0 Å². The Morgan fingerprint density at radius 1 is 1.00 bits per heavy atom. The molecule has 2 aromatic rings. The van der Waals surface area contributed by atoms with Crippen LogP contribution in [0.5, 0.6) is 5.75 Å². The van der Waals surface area contributed by atoms with Gasteiger partial charge in [-0.1, -0.05) is 0 Å². The van der Waals surface area contributed by atoms with Crippen molar-refractivity contribution < 1.29 is 27.5 Å². The van der Waals surface area contributed by atoms with E-state index < -0.39 is 23.9 Å². The smallest absolute Gasteiger partial charge is 0.406 e. The van der Waals surface area contributed by atoms with Crippen LogP contribution in [0, 0.1) is 0 Å². The maximum atomic E-state index is 12.3. The van der Waals surface area contributed by atoms with Crippen LogP contribution in [0.25, 0.3) is 0 Å². The summed E-state index contributed by atoms with van der Waals surface area (Å²) in [6.45, 7) is 1.60. The Morgan fingerprint density at radius 2 is 1.61 bits per heavy atom. The molecule has 0 aliphatic carbocycles. The normalized spacial score (nSPS) is 14.5. The minimum Gasteiger partial charge on any atom is -0.406 e. The van der Waals surface area contributed by atoms with Gasteiger partial charge in [-0.2, -0.15) is 0 Å². The number of nitrogens with one attached hydrogen (secondary N) is 1. The lowest BCUT2D eigenvalue weighted by atomic mass is 10.3. The fourth-order valence-electron chi connectivity index (χ4n) is 2.63. The number of nitrogens with zero attached hydrogens (tertiary/aromatic N) is 4. The van der Waals surface area contributed by atoms with Crippen molar-refractivity contribution in [3.05, 3.63) is 42.7 Å². The minimum atomic E-state index is -4.80. The van der Waals surface area contributed by atoms with Crippen molar-refractivity contribution in [1.29, 1.82) is 0 Å². The van der Waals surface area contributed by atoms with Crippen LogP contribution in [-0.4, -0.2) is 59.2 Å². The molecule has 0 radical (unpaired) electrons. The largest absolute Gasteiger partial charge is 0.573 e. The molecule has 2 heterocycles. The number of piperazine rings is 1. The van der Waals surface area contributed by atoms with Crippen LogP contribution in [0.1, 0.15) is 0 Å². The molecule has 0 bridgehead atoms. The first kappa shape index (κ1) is 19.4. The molecule has 1 fully saturated rings. The zero-order valence-electron chi connectivity index (χ0n) is 14.5. The van der Waals surface area contributed by atoms with E-state index in [0.717, 1.165) is 12.1 Å². The van der Waals surface area contributed by atoms with Gasteiger partial charge in [0.1, 0.15) is 5.75 Å². The van der Waals surface area contributed by atoms with E-state index in [9.17, 15) is 22.8 Å². The molecular formula is C17H16F3N5O3. The summed E-state index contributed by atoms with van der Waals surface area (Å²) < 4.78 is 40.2. The van der Waals surface area contributed by atoms with Gasteiger partial charge in [0.2, 0.25) is 5.95 Å². The highest BCUT2D eigenvalue weighted by atomic mass is 19.4. The summed E-state index contributed by atoms with van der Waals surface area (Å²) in [5.74, 6) is -1.45. The molecule has 1 aliphatic rings. The summed E-state index contributed by atoms with van der Waals surface area (Å²) in [5, 5.41) is 2.37. The molecule has 1 N–H and O–H groups in total. The van der Waals surface area contributed by atoms with Crippen LogP contribution in [0.15, 0.2) is 42.7 Å². The SMILES string of the molecule is O=C(Nc1ccc(OC(F)(F)F)cc1)C(=O)N1CCN(c2ncccn2)CC1. The maximum Gasteiger partial charge on any atom is 0.573 e. The van der Waals surface area contributed by atoms with E-state index in [2.05, 4.69) is 20.0 Å². The maximum absolute atomic E-state index is 12.3. The third-order valence-electron chi connectivity index (χ3n) is 3.94. The van der Waals surface area contributed by atoms with Gasteiger partial charge in [0.05, 0.1) is 0 Å². The standard InChI is InChI=1S/C17H16F3N5O3/c18-17(19,20)28-13-4-2-12(3-5-13)23-14(26)15(27)24-8-10-25(11-9-24)16-21-6-1-7-22-16/h1-7H,8-11H2,(H,23,26). The van der Waals surface area contributed by atoms with Crippen molar-refractivity contribution in [1.82, 2.24) is 14.9 Å². The number of carbonyl (C=O) groups is 2. The number of rotatable bonds is 3. The summed E-state index contributed by atoms with van der Waals surface area (Å²) in [5.41, 5.74) is 0.184. The Bertz CT molecular complexity index is 822. The number of hydrogen-bond acceptors (Lipinski definition) is 6. The third-order valence-corrected chi connectivity index (χ3v) is 3.94. The van der Waals surface area contributed by atoms with Crippen molar-refractivity contribution in [2.24, 2.45) is 0 Å². The number of anilines is 2. The number of benzene rings is 1. The lowest BCUT2D eigenvalue weighted by Crippen LogP contribution is -2.52. The van der Waals surface area contributed by atoms with Gasteiger partial charge in [0.15, 0.2) is 0 Å². The molecule has 8 nitrogen and oxygen atoms in total. The summed E-state index contributed by atoms with van der Waals surface area (Å²) >= 11 is 0. The van der Waals surface area contributed by atoms with Crippen LogP contribution >= 0.6 is 0 Å². The van der Waals surface area contributed by atoms with E-state index in [1.165, 1.54) is 17.0 Å². The zero-order chi connectivity index (χ0) is 20.1. The minimum absolute atomic E-state index is 0.184. The molecule has 0 atom stereocenters. The molecular weight excluding hydrogens is 379 g/mol. The van der Waals surface area contributed by atoms with E-state index in [-0.39, 0.29) is 5.69 Å². The first-order valence-corrected chi connectivity index (χ1v) is 8.30. The lowest BCUT2D eigenvalue weighted by molar-refractivity contribution is -0.274. The first-order valence-electron chi connectivity index (χ1n) is 8.30. The quantitative estimate of drug-likeness (QED) is 0.796. The number of hydrogen-bond donors (Lipinski definition) is 1. The van der Waals surface area contributed by atoms with Gasteiger partial charge in [-0.3, -0.25) is 9.59 Å². The molecule has 148 valence electrons. The van der Waals surface area contributed by atoms with Gasteiger partial charge >= 0.3 is 18.2 Å². The highest BCUT2D eigenvalue weighted by Crippen LogP contribution is 2.24. The molecule has 1 aromatic heterocycles. The molecule has 11 heteroatoms. The molecule has 0 saturated carbocycles.